The lowest BCUT2D eigenvalue weighted by atomic mass is 10.1. The molecule has 0 aliphatic carbocycles. The first-order valence-corrected chi connectivity index (χ1v) is 10.2. The number of hydrogen-bond donors (Lipinski definition) is 3. The highest BCUT2D eigenvalue weighted by Gasteiger charge is 2.06. The number of guanidine groups is 1. The van der Waals surface area contributed by atoms with Crippen LogP contribution in [-0.2, 0) is 17.8 Å². The Bertz CT molecular complexity index is 835. The van der Waals surface area contributed by atoms with Gasteiger partial charge in [-0.15, -0.1) is 0 Å². The van der Waals surface area contributed by atoms with E-state index in [-0.39, 0.29) is 0 Å². The van der Waals surface area contributed by atoms with E-state index in [1.54, 1.807) is 12.1 Å². The van der Waals surface area contributed by atoms with Gasteiger partial charge >= 0.3 is 0 Å². The van der Waals surface area contributed by atoms with Crippen LogP contribution in [0.1, 0.15) is 40.9 Å². The van der Waals surface area contributed by atoms with Crippen molar-refractivity contribution in [2.45, 2.75) is 33.9 Å². The Balaban J connectivity index is 2.01. The van der Waals surface area contributed by atoms with Crippen molar-refractivity contribution in [3.63, 3.8) is 0 Å². The van der Waals surface area contributed by atoms with E-state index in [1.807, 2.05) is 39.0 Å². The van der Waals surface area contributed by atoms with Crippen LogP contribution in [0.25, 0.3) is 0 Å². The summed E-state index contributed by atoms with van der Waals surface area (Å²) in [6, 6.07) is 13.3. The van der Waals surface area contributed by atoms with Gasteiger partial charge in [0.25, 0.3) is 0 Å². The van der Waals surface area contributed by atoms with Gasteiger partial charge in [0.05, 0.1) is 13.2 Å². The summed E-state index contributed by atoms with van der Waals surface area (Å²) < 4.78 is 11.3. The molecule has 162 valence electrons. The van der Waals surface area contributed by atoms with Crippen LogP contribution in [0.2, 0.25) is 0 Å². The molecule has 0 radical (unpaired) electrons. The number of amides is 1. The first kappa shape index (κ1) is 23.2. The molecule has 2 aromatic carbocycles. The predicted molar refractivity (Wildman–Crippen MR) is 120 cm³/mol. The Morgan fingerprint density at radius 3 is 2.50 bits per heavy atom. The van der Waals surface area contributed by atoms with Gasteiger partial charge in [0.2, 0.25) is 5.91 Å². The maximum absolute atomic E-state index is 11.2. The number of carbonyl (C=O) groups is 1. The summed E-state index contributed by atoms with van der Waals surface area (Å²) in [5.41, 5.74) is 8.96. The number of aliphatic imine (C=N–C) groups is 1. The molecule has 0 aromatic heterocycles. The fraction of sp³-hybridized carbons (Fsp3) is 0.391. The fourth-order valence-electron chi connectivity index (χ4n) is 2.76. The van der Waals surface area contributed by atoms with Gasteiger partial charge in [-0.25, -0.2) is 4.99 Å². The molecule has 0 fully saturated rings. The van der Waals surface area contributed by atoms with Gasteiger partial charge in [-0.2, -0.15) is 0 Å². The SMILES string of the molecule is CCNC(=NCc1ccc(C(N)=O)cc1)NCc1ccc(C)cc1OCCOCC. The predicted octanol–water partition coefficient (Wildman–Crippen LogP) is 2.76. The van der Waals surface area contributed by atoms with Crippen molar-refractivity contribution in [3.8, 4) is 5.75 Å². The van der Waals surface area contributed by atoms with Crippen LogP contribution in [0, 0.1) is 6.92 Å². The Labute approximate surface area is 178 Å². The highest BCUT2D eigenvalue weighted by Crippen LogP contribution is 2.20. The molecule has 2 aromatic rings. The minimum atomic E-state index is -0.433. The summed E-state index contributed by atoms with van der Waals surface area (Å²) in [5.74, 6) is 1.12. The number of nitrogens with two attached hydrogens (primary N) is 1. The Morgan fingerprint density at radius 1 is 1.07 bits per heavy atom. The molecule has 7 nitrogen and oxygen atoms in total. The molecule has 0 saturated carbocycles. The largest absolute Gasteiger partial charge is 0.491 e. The third-order valence-electron chi connectivity index (χ3n) is 4.36. The lowest BCUT2D eigenvalue weighted by Crippen LogP contribution is -2.36. The zero-order valence-electron chi connectivity index (χ0n) is 18.0. The topological polar surface area (TPSA) is 98.0 Å². The third-order valence-corrected chi connectivity index (χ3v) is 4.36. The summed E-state index contributed by atoms with van der Waals surface area (Å²) in [6.45, 7) is 9.61. The summed E-state index contributed by atoms with van der Waals surface area (Å²) >= 11 is 0. The molecule has 30 heavy (non-hydrogen) atoms. The molecule has 0 aliphatic heterocycles. The highest BCUT2D eigenvalue weighted by molar-refractivity contribution is 5.92. The highest BCUT2D eigenvalue weighted by atomic mass is 16.5. The Morgan fingerprint density at radius 2 is 1.83 bits per heavy atom. The van der Waals surface area contributed by atoms with Crippen molar-refractivity contribution < 1.29 is 14.3 Å². The summed E-state index contributed by atoms with van der Waals surface area (Å²) in [4.78, 5) is 15.8. The van der Waals surface area contributed by atoms with E-state index in [0.29, 0.717) is 44.4 Å². The standard InChI is InChI=1S/C23H32N4O3/c1-4-25-23(26-15-18-7-10-19(11-8-18)22(24)28)27-16-20-9-6-17(3)14-21(20)30-13-12-29-5-2/h6-11,14H,4-5,12-13,15-16H2,1-3H3,(H2,24,28)(H2,25,26,27). The van der Waals surface area contributed by atoms with Gasteiger partial charge in [0, 0.05) is 30.8 Å². The van der Waals surface area contributed by atoms with E-state index < -0.39 is 5.91 Å². The van der Waals surface area contributed by atoms with Gasteiger partial charge in [0.15, 0.2) is 5.96 Å². The maximum Gasteiger partial charge on any atom is 0.248 e. The van der Waals surface area contributed by atoms with Crippen molar-refractivity contribution in [1.29, 1.82) is 0 Å². The smallest absolute Gasteiger partial charge is 0.248 e. The summed E-state index contributed by atoms with van der Waals surface area (Å²) in [7, 11) is 0. The van der Waals surface area contributed by atoms with E-state index >= 15 is 0 Å². The maximum atomic E-state index is 11.2. The number of benzene rings is 2. The molecule has 0 bridgehead atoms. The van der Waals surface area contributed by atoms with E-state index in [0.717, 1.165) is 29.0 Å². The molecular formula is C23H32N4O3. The molecule has 0 spiro atoms. The summed E-state index contributed by atoms with van der Waals surface area (Å²) in [5, 5.41) is 6.60. The van der Waals surface area contributed by atoms with Gasteiger partial charge in [-0.05, 0) is 50.1 Å². The van der Waals surface area contributed by atoms with Crippen molar-refractivity contribution in [3.05, 3.63) is 64.7 Å². The number of nitrogens with one attached hydrogen (secondary N) is 2. The fourth-order valence-corrected chi connectivity index (χ4v) is 2.76. The van der Waals surface area contributed by atoms with Crippen LogP contribution in [0.15, 0.2) is 47.5 Å². The molecule has 0 saturated heterocycles. The number of rotatable bonds is 11. The molecule has 4 N–H and O–H groups in total. The number of aryl methyl sites for hydroxylation is 1. The molecule has 0 heterocycles. The summed E-state index contributed by atoms with van der Waals surface area (Å²) in [6.07, 6.45) is 0. The number of carbonyl (C=O) groups excluding carboxylic acids is 1. The molecule has 0 aliphatic rings. The molecule has 0 unspecified atom stereocenters. The molecule has 0 atom stereocenters. The average Bonchev–Trinajstić information content (AvgIpc) is 2.74. The zero-order valence-corrected chi connectivity index (χ0v) is 18.0. The number of ether oxygens (including phenoxy) is 2. The van der Waals surface area contributed by atoms with Crippen molar-refractivity contribution >= 4 is 11.9 Å². The minimum Gasteiger partial charge on any atom is -0.491 e. The number of hydrogen-bond acceptors (Lipinski definition) is 4. The van der Waals surface area contributed by atoms with E-state index in [1.165, 1.54) is 0 Å². The average molecular weight is 413 g/mol. The molecule has 7 heteroatoms. The lowest BCUT2D eigenvalue weighted by molar-refractivity contribution is 0.100. The van der Waals surface area contributed by atoms with Crippen LogP contribution in [0.5, 0.6) is 5.75 Å². The van der Waals surface area contributed by atoms with Crippen LogP contribution >= 0.6 is 0 Å². The van der Waals surface area contributed by atoms with Crippen molar-refractivity contribution in [2.24, 2.45) is 10.7 Å². The minimum absolute atomic E-state index is 0.433. The number of primary amides is 1. The van der Waals surface area contributed by atoms with Crippen LogP contribution in [0.4, 0.5) is 0 Å². The van der Waals surface area contributed by atoms with E-state index in [2.05, 4.69) is 27.8 Å². The monoisotopic (exact) mass is 412 g/mol. The quantitative estimate of drug-likeness (QED) is 0.299. The zero-order chi connectivity index (χ0) is 21.8. The van der Waals surface area contributed by atoms with Gasteiger partial charge < -0.3 is 25.8 Å². The normalized spacial score (nSPS) is 11.2. The number of nitrogens with zero attached hydrogens (tertiary/aromatic N) is 1. The van der Waals surface area contributed by atoms with Crippen LogP contribution in [-0.4, -0.2) is 38.2 Å². The third kappa shape index (κ3) is 7.75. The lowest BCUT2D eigenvalue weighted by Gasteiger charge is -2.15. The van der Waals surface area contributed by atoms with Crippen molar-refractivity contribution in [2.75, 3.05) is 26.4 Å². The Hall–Kier alpha value is -3.06. The Kier molecular flexibility index (Phi) is 9.67. The second kappa shape index (κ2) is 12.5. The van der Waals surface area contributed by atoms with Gasteiger partial charge in [-0.1, -0.05) is 24.3 Å². The second-order valence-electron chi connectivity index (χ2n) is 6.77. The van der Waals surface area contributed by atoms with E-state index in [9.17, 15) is 4.79 Å². The van der Waals surface area contributed by atoms with Crippen LogP contribution in [0.3, 0.4) is 0 Å². The molecular weight excluding hydrogens is 380 g/mol. The van der Waals surface area contributed by atoms with Crippen molar-refractivity contribution in [1.82, 2.24) is 10.6 Å². The first-order chi connectivity index (χ1) is 14.5. The van der Waals surface area contributed by atoms with Crippen LogP contribution < -0.4 is 21.1 Å². The molecule has 2 rings (SSSR count). The van der Waals surface area contributed by atoms with E-state index in [4.69, 9.17) is 15.2 Å². The van der Waals surface area contributed by atoms with Gasteiger partial charge in [0.1, 0.15) is 12.4 Å². The molecule has 1 amide bonds. The second-order valence-corrected chi connectivity index (χ2v) is 6.77. The first-order valence-electron chi connectivity index (χ1n) is 10.2. The van der Waals surface area contributed by atoms with Gasteiger partial charge in [-0.3, -0.25) is 4.79 Å².